The smallest absolute Gasteiger partial charge is 0.252 e. The summed E-state index contributed by atoms with van der Waals surface area (Å²) in [6.45, 7) is 0.227. The van der Waals surface area contributed by atoms with Crippen molar-refractivity contribution in [1.82, 2.24) is 5.32 Å². The minimum Gasteiger partial charge on any atom is -0.493 e. The zero-order valence-corrected chi connectivity index (χ0v) is 16.3. The third-order valence-electron chi connectivity index (χ3n) is 3.88. The quantitative estimate of drug-likeness (QED) is 0.794. The number of amides is 1. The SMILES string of the molecule is COc1cc(C(=O)NCC#Cc2ccc(N(C)C)cc2)cc(OC)c1OC. The number of rotatable bonds is 6. The first-order valence-corrected chi connectivity index (χ1v) is 8.34. The van der Waals surface area contributed by atoms with E-state index in [4.69, 9.17) is 14.2 Å². The number of carbonyl (C=O) groups excluding carboxylic acids is 1. The molecule has 6 nitrogen and oxygen atoms in total. The number of hydrogen-bond acceptors (Lipinski definition) is 5. The maximum absolute atomic E-state index is 12.4. The summed E-state index contributed by atoms with van der Waals surface area (Å²) in [5, 5.41) is 2.77. The molecule has 1 N–H and O–H groups in total. The number of hydrogen-bond donors (Lipinski definition) is 1. The second-order valence-corrected chi connectivity index (χ2v) is 5.84. The van der Waals surface area contributed by atoms with E-state index in [1.54, 1.807) is 12.1 Å². The Morgan fingerprint density at radius 2 is 1.59 bits per heavy atom. The number of anilines is 1. The highest BCUT2D eigenvalue weighted by atomic mass is 16.5. The molecule has 0 aliphatic rings. The highest BCUT2D eigenvalue weighted by Crippen LogP contribution is 2.38. The molecule has 142 valence electrons. The average molecular weight is 368 g/mol. The predicted octanol–water partition coefficient (Wildman–Crippen LogP) is 2.56. The molecule has 6 heteroatoms. The number of carbonyl (C=O) groups is 1. The van der Waals surface area contributed by atoms with Gasteiger partial charge in [-0.3, -0.25) is 4.79 Å². The van der Waals surface area contributed by atoms with Crippen molar-refractivity contribution in [3.63, 3.8) is 0 Å². The van der Waals surface area contributed by atoms with Crippen LogP contribution in [0.4, 0.5) is 5.69 Å². The zero-order valence-electron chi connectivity index (χ0n) is 16.3. The Labute approximate surface area is 160 Å². The van der Waals surface area contributed by atoms with Gasteiger partial charge in [0.2, 0.25) is 5.75 Å². The lowest BCUT2D eigenvalue weighted by molar-refractivity contribution is 0.0958. The summed E-state index contributed by atoms with van der Waals surface area (Å²) >= 11 is 0. The van der Waals surface area contributed by atoms with Gasteiger partial charge in [0.1, 0.15) is 0 Å². The first kappa shape index (κ1) is 20.0. The number of nitrogens with one attached hydrogen (secondary N) is 1. The summed E-state index contributed by atoms with van der Waals surface area (Å²) < 4.78 is 15.8. The molecule has 2 aromatic rings. The summed E-state index contributed by atoms with van der Waals surface area (Å²) in [5.74, 6) is 7.00. The van der Waals surface area contributed by atoms with Gasteiger partial charge in [-0.15, -0.1) is 0 Å². The molecule has 27 heavy (non-hydrogen) atoms. The molecule has 0 aliphatic carbocycles. The van der Waals surface area contributed by atoms with E-state index in [0.717, 1.165) is 11.3 Å². The van der Waals surface area contributed by atoms with Gasteiger partial charge < -0.3 is 24.4 Å². The minimum absolute atomic E-state index is 0.227. The van der Waals surface area contributed by atoms with Crippen LogP contribution in [0.15, 0.2) is 36.4 Å². The van der Waals surface area contributed by atoms with Gasteiger partial charge in [-0.1, -0.05) is 11.8 Å². The third-order valence-corrected chi connectivity index (χ3v) is 3.88. The maximum Gasteiger partial charge on any atom is 0.252 e. The molecule has 0 bridgehead atoms. The molecule has 0 spiro atoms. The topological polar surface area (TPSA) is 60.0 Å². The van der Waals surface area contributed by atoms with E-state index in [1.165, 1.54) is 21.3 Å². The lowest BCUT2D eigenvalue weighted by Crippen LogP contribution is -2.23. The van der Waals surface area contributed by atoms with Crippen molar-refractivity contribution < 1.29 is 19.0 Å². The Morgan fingerprint density at radius 1 is 1.00 bits per heavy atom. The first-order valence-electron chi connectivity index (χ1n) is 8.34. The standard InChI is InChI=1S/C21H24N2O4/c1-23(2)17-10-8-15(9-11-17)7-6-12-22-21(24)16-13-18(25-3)20(27-5)19(14-16)26-4/h8-11,13-14H,12H2,1-5H3,(H,22,24). The van der Waals surface area contributed by atoms with Gasteiger partial charge >= 0.3 is 0 Å². The van der Waals surface area contributed by atoms with Crippen LogP contribution in [-0.2, 0) is 0 Å². The van der Waals surface area contributed by atoms with Gasteiger partial charge in [0.05, 0.1) is 27.9 Å². The highest BCUT2D eigenvalue weighted by molar-refractivity contribution is 5.95. The summed E-state index contributed by atoms with van der Waals surface area (Å²) in [6, 6.07) is 11.1. The Hall–Kier alpha value is -3.33. The van der Waals surface area contributed by atoms with Gasteiger partial charge in [0.25, 0.3) is 5.91 Å². The summed E-state index contributed by atoms with van der Waals surface area (Å²) in [5.41, 5.74) is 2.40. The van der Waals surface area contributed by atoms with Crippen molar-refractivity contribution >= 4 is 11.6 Å². The van der Waals surface area contributed by atoms with E-state index in [2.05, 4.69) is 17.2 Å². The molecule has 2 rings (SSSR count). The maximum atomic E-state index is 12.4. The summed E-state index contributed by atoms with van der Waals surface area (Å²) in [4.78, 5) is 14.4. The predicted molar refractivity (Wildman–Crippen MR) is 106 cm³/mol. The van der Waals surface area contributed by atoms with E-state index >= 15 is 0 Å². The van der Waals surface area contributed by atoms with E-state index in [1.807, 2.05) is 43.3 Å². The number of nitrogens with zero attached hydrogens (tertiary/aromatic N) is 1. The van der Waals surface area contributed by atoms with Crippen LogP contribution < -0.4 is 24.4 Å². The van der Waals surface area contributed by atoms with Crippen molar-refractivity contribution in [2.45, 2.75) is 0 Å². The van der Waals surface area contributed by atoms with E-state index in [9.17, 15) is 4.79 Å². The Morgan fingerprint density at radius 3 is 2.07 bits per heavy atom. The van der Waals surface area contributed by atoms with E-state index in [0.29, 0.717) is 22.8 Å². The Kier molecular flexibility index (Phi) is 6.95. The first-order chi connectivity index (χ1) is 13.0. The van der Waals surface area contributed by atoms with Gasteiger partial charge in [0, 0.05) is 30.9 Å². The molecule has 0 unspecified atom stereocenters. The molecule has 0 fully saturated rings. The van der Waals surface area contributed by atoms with E-state index in [-0.39, 0.29) is 12.5 Å². The minimum atomic E-state index is -0.272. The average Bonchev–Trinajstić information content (AvgIpc) is 2.70. The lowest BCUT2D eigenvalue weighted by atomic mass is 10.1. The van der Waals surface area contributed by atoms with Gasteiger partial charge in [-0.05, 0) is 36.4 Å². The van der Waals surface area contributed by atoms with Crippen LogP contribution in [0.5, 0.6) is 17.2 Å². The van der Waals surface area contributed by atoms with Crippen molar-refractivity contribution in [1.29, 1.82) is 0 Å². The lowest BCUT2D eigenvalue weighted by Gasteiger charge is -2.13. The molecule has 1 amide bonds. The van der Waals surface area contributed by atoms with Crippen LogP contribution >= 0.6 is 0 Å². The fraction of sp³-hybridized carbons (Fsp3) is 0.286. The monoisotopic (exact) mass is 368 g/mol. The molecule has 0 saturated carbocycles. The van der Waals surface area contributed by atoms with Crippen LogP contribution in [0.3, 0.4) is 0 Å². The van der Waals surface area contributed by atoms with Crippen LogP contribution in [-0.4, -0.2) is 47.9 Å². The Bertz CT molecular complexity index is 824. The second-order valence-electron chi connectivity index (χ2n) is 5.84. The normalized spacial score (nSPS) is 9.67. The van der Waals surface area contributed by atoms with Crippen molar-refractivity contribution in [2.24, 2.45) is 0 Å². The fourth-order valence-electron chi connectivity index (χ4n) is 2.43. The molecule has 0 atom stereocenters. The van der Waals surface area contributed by atoms with Gasteiger partial charge in [-0.2, -0.15) is 0 Å². The Balaban J connectivity index is 2.04. The van der Waals surface area contributed by atoms with Crippen molar-refractivity contribution in [3.8, 4) is 29.1 Å². The molecule has 0 saturated heterocycles. The van der Waals surface area contributed by atoms with Crippen LogP contribution in [0.1, 0.15) is 15.9 Å². The van der Waals surface area contributed by atoms with E-state index < -0.39 is 0 Å². The number of methoxy groups -OCH3 is 3. The van der Waals surface area contributed by atoms with Crippen LogP contribution in [0, 0.1) is 11.8 Å². The zero-order chi connectivity index (χ0) is 19.8. The summed E-state index contributed by atoms with van der Waals surface area (Å²) in [7, 11) is 8.50. The molecule has 0 heterocycles. The van der Waals surface area contributed by atoms with Gasteiger partial charge in [0.15, 0.2) is 11.5 Å². The number of benzene rings is 2. The van der Waals surface area contributed by atoms with Gasteiger partial charge in [-0.25, -0.2) is 0 Å². The molecule has 0 aromatic heterocycles. The largest absolute Gasteiger partial charge is 0.493 e. The highest BCUT2D eigenvalue weighted by Gasteiger charge is 2.16. The third kappa shape index (κ3) is 5.08. The fourth-order valence-corrected chi connectivity index (χ4v) is 2.43. The number of ether oxygens (including phenoxy) is 3. The molecular weight excluding hydrogens is 344 g/mol. The van der Waals surface area contributed by atoms with Crippen LogP contribution in [0.2, 0.25) is 0 Å². The molecule has 0 radical (unpaired) electrons. The van der Waals surface area contributed by atoms with Crippen molar-refractivity contribution in [3.05, 3.63) is 47.5 Å². The molecular formula is C21H24N2O4. The van der Waals surface area contributed by atoms with Crippen LogP contribution in [0.25, 0.3) is 0 Å². The molecule has 0 aliphatic heterocycles. The molecule has 2 aromatic carbocycles. The second kappa shape index (κ2) is 9.39. The summed E-state index contributed by atoms with van der Waals surface area (Å²) in [6.07, 6.45) is 0. The van der Waals surface area contributed by atoms with Crippen molar-refractivity contribution in [2.75, 3.05) is 46.9 Å².